The summed E-state index contributed by atoms with van der Waals surface area (Å²) in [7, 11) is 0. The van der Waals surface area contributed by atoms with Crippen LogP contribution < -0.4 is 4.74 Å². The minimum absolute atomic E-state index is 0.0226. The van der Waals surface area contributed by atoms with E-state index >= 15 is 0 Å². The number of aliphatic hydroxyl groups is 1. The molecule has 5 unspecified atom stereocenters. The molecule has 4 nitrogen and oxygen atoms in total. The Bertz CT molecular complexity index is 800. The van der Waals surface area contributed by atoms with Gasteiger partial charge in [0.2, 0.25) is 0 Å². The van der Waals surface area contributed by atoms with Gasteiger partial charge in [-0.2, -0.15) is 0 Å². The number of rotatable bonds is 0. The maximum atomic E-state index is 10.7. The first kappa shape index (κ1) is 17.8. The molecule has 4 aliphatic rings. The fourth-order valence-corrected chi connectivity index (χ4v) is 7.15. The number of phenolic OH excluding ortho intramolecular Hbond substituents is 1. The highest BCUT2D eigenvalue weighted by molar-refractivity contribution is 5.58. The first-order valence-electron chi connectivity index (χ1n) is 10.5. The van der Waals surface area contributed by atoms with Crippen LogP contribution in [0.4, 0.5) is 0 Å². The van der Waals surface area contributed by atoms with E-state index in [2.05, 4.69) is 27.7 Å². The van der Waals surface area contributed by atoms with Gasteiger partial charge in [0.25, 0.3) is 0 Å². The summed E-state index contributed by atoms with van der Waals surface area (Å²) >= 11 is 0. The molecule has 2 aliphatic heterocycles. The van der Waals surface area contributed by atoms with Crippen molar-refractivity contribution in [2.75, 3.05) is 0 Å². The quantitative estimate of drug-likeness (QED) is 0.712. The number of benzene rings is 1. The average Bonchev–Trinajstić information content (AvgIpc) is 3.22. The highest BCUT2D eigenvalue weighted by Crippen LogP contribution is 2.67. The number of hydrogen-bond donors (Lipinski definition) is 2. The predicted octanol–water partition coefficient (Wildman–Crippen LogP) is 4.33. The van der Waals surface area contributed by atoms with Gasteiger partial charge in [0.1, 0.15) is 17.1 Å². The Labute approximate surface area is 161 Å². The molecule has 0 saturated heterocycles. The van der Waals surface area contributed by atoms with Crippen LogP contribution in [0.2, 0.25) is 0 Å². The molecular formula is C23H32O4. The van der Waals surface area contributed by atoms with Crippen LogP contribution in [0.5, 0.6) is 11.5 Å². The summed E-state index contributed by atoms with van der Waals surface area (Å²) in [5.41, 5.74) is 2.71. The molecule has 148 valence electrons. The lowest BCUT2D eigenvalue weighted by Crippen LogP contribution is -2.66. The molecule has 0 amide bonds. The summed E-state index contributed by atoms with van der Waals surface area (Å²) in [5.74, 6) is 2.07. The number of phenols is 1. The lowest BCUT2D eigenvalue weighted by molar-refractivity contribution is -0.210. The molecule has 2 fully saturated rings. The van der Waals surface area contributed by atoms with Crippen molar-refractivity contribution in [3.05, 3.63) is 22.8 Å². The van der Waals surface area contributed by atoms with Crippen LogP contribution in [0, 0.1) is 22.7 Å². The number of fused-ring (bicyclic) bond motifs is 5. The van der Waals surface area contributed by atoms with Crippen molar-refractivity contribution >= 4 is 0 Å². The monoisotopic (exact) mass is 372 g/mol. The lowest BCUT2D eigenvalue weighted by atomic mass is 9.43. The Morgan fingerprint density at radius 2 is 1.85 bits per heavy atom. The molecule has 27 heavy (non-hydrogen) atoms. The minimum atomic E-state index is -0.315. The maximum absolute atomic E-state index is 10.7. The van der Waals surface area contributed by atoms with Crippen LogP contribution in [-0.4, -0.2) is 21.9 Å². The fraction of sp³-hybridized carbons (Fsp3) is 0.739. The van der Waals surface area contributed by atoms with Gasteiger partial charge in [-0.05, 0) is 54.6 Å². The third kappa shape index (κ3) is 2.06. The number of ether oxygens (including phenoxy) is 2. The zero-order valence-electron chi connectivity index (χ0n) is 17.0. The van der Waals surface area contributed by atoms with Crippen molar-refractivity contribution in [1.29, 1.82) is 0 Å². The molecule has 4 heteroatoms. The molecular weight excluding hydrogens is 340 g/mol. The summed E-state index contributed by atoms with van der Waals surface area (Å²) in [6.45, 7) is 10.3. The molecule has 0 radical (unpaired) electrons. The van der Waals surface area contributed by atoms with Gasteiger partial charge < -0.3 is 19.7 Å². The smallest absolute Gasteiger partial charge is 0.133 e. The topological polar surface area (TPSA) is 58.9 Å². The second-order valence-corrected chi connectivity index (χ2v) is 10.3. The Kier molecular flexibility index (Phi) is 3.57. The Hall–Kier alpha value is -1.26. The second-order valence-electron chi connectivity index (χ2n) is 10.3. The van der Waals surface area contributed by atoms with Crippen molar-refractivity contribution < 1.29 is 19.7 Å². The van der Waals surface area contributed by atoms with Crippen LogP contribution in [-0.2, 0) is 24.4 Å². The average molecular weight is 373 g/mol. The molecule has 5 rings (SSSR count). The largest absolute Gasteiger partial charge is 0.508 e. The van der Waals surface area contributed by atoms with Gasteiger partial charge >= 0.3 is 0 Å². The van der Waals surface area contributed by atoms with Crippen LogP contribution >= 0.6 is 0 Å². The van der Waals surface area contributed by atoms with Gasteiger partial charge in [-0.1, -0.05) is 27.7 Å². The van der Waals surface area contributed by atoms with Crippen LogP contribution in [0.1, 0.15) is 70.1 Å². The summed E-state index contributed by atoms with van der Waals surface area (Å²) in [5, 5.41) is 21.5. The highest BCUT2D eigenvalue weighted by atomic mass is 16.5. The van der Waals surface area contributed by atoms with Gasteiger partial charge in [0.15, 0.2) is 0 Å². The van der Waals surface area contributed by atoms with Gasteiger partial charge in [-0.3, -0.25) is 0 Å². The Morgan fingerprint density at radius 3 is 2.63 bits per heavy atom. The standard InChI is InChI=1S/C23H32O4/c1-13-5-6-18-21(2,3)19(25)7-8-22(18,4)23(13)10-15-17(24)9-14-11-26-12-16(14)20(15)27-23/h9,13,18-19,24-25H,5-8,10-12H2,1-4H3. The second kappa shape index (κ2) is 5.42. The third-order valence-electron chi connectivity index (χ3n) is 8.90. The fourth-order valence-electron chi connectivity index (χ4n) is 7.15. The maximum Gasteiger partial charge on any atom is 0.133 e. The van der Waals surface area contributed by atoms with E-state index in [4.69, 9.17) is 9.47 Å². The van der Waals surface area contributed by atoms with E-state index in [1.165, 1.54) is 0 Å². The molecule has 0 bridgehead atoms. The lowest BCUT2D eigenvalue weighted by Gasteiger charge is -2.64. The minimum Gasteiger partial charge on any atom is -0.508 e. The van der Waals surface area contributed by atoms with Crippen molar-refractivity contribution in [2.45, 2.75) is 84.7 Å². The third-order valence-corrected chi connectivity index (χ3v) is 8.90. The van der Waals surface area contributed by atoms with Gasteiger partial charge in [0, 0.05) is 23.0 Å². The first-order chi connectivity index (χ1) is 12.7. The predicted molar refractivity (Wildman–Crippen MR) is 103 cm³/mol. The first-order valence-corrected chi connectivity index (χ1v) is 10.5. The summed E-state index contributed by atoms with van der Waals surface area (Å²) in [4.78, 5) is 0. The van der Waals surface area contributed by atoms with E-state index in [9.17, 15) is 10.2 Å². The Morgan fingerprint density at radius 1 is 1.07 bits per heavy atom. The van der Waals surface area contributed by atoms with E-state index in [1.807, 2.05) is 6.07 Å². The molecule has 2 heterocycles. The molecule has 5 atom stereocenters. The molecule has 0 aromatic heterocycles. The zero-order valence-corrected chi connectivity index (χ0v) is 17.0. The normalized spacial score (nSPS) is 41.7. The van der Waals surface area contributed by atoms with E-state index in [1.54, 1.807) is 0 Å². The number of aliphatic hydroxyl groups excluding tert-OH is 1. The molecule has 2 aliphatic carbocycles. The van der Waals surface area contributed by atoms with Crippen molar-refractivity contribution in [3.8, 4) is 11.5 Å². The van der Waals surface area contributed by atoms with Crippen molar-refractivity contribution in [1.82, 2.24) is 0 Å². The molecule has 1 spiro atoms. The molecule has 2 N–H and O–H groups in total. The van der Waals surface area contributed by atoms with Gasteiger partial charge in [-0.15, -0.1) is 0 Å². The highest BCUT2D eigenvalue weighted by Gasteiger charge is 2.67. The zero-order chi connectivity index (χ0) is 19.2. The van der Waals surface area contributed by atoms with E-state index in [0.717, 1.165) is 54.5 Å². The molecule has 1 aromatic carbocycles. The van der Waals surface area contributed by atoms with Crippen LogP contribution in [0.3, 0.4) is 0 Å². The molecule has 1 aromatic rings. The van der Waals surface area contributed by atoms with Crippen molar-refractivity contribution in [3.63, 3.8) is 0 Å². The number of aromatic hydroxyl groups is 1. The summed E-state index contributed by atoms with van der Waals surface area (Å²) in [6.07, 6.45) is 4.54. The van der Waals surface area contributed by atoms with Crippen LogP contribution in [0.15, 0.2) is 6.07 Å². The van der Waals surface area contributed by atoms with E-state index in [-0.39, 0.29) is 22.5 Å². The van der Waals surface area contributed by atoms with Crippen molar-refractivity contribution in [2.24, 2.45) is 22.7 Å². The van der Waals surface area contributed by atoms with E-state index < -0.39 is 0 Å². The summed E-state index contributed by atoms with van der Waals surface area (Å²) in [6, 6.07) is 1.88. The molecule has 2 saturated carbocycles. The van der Waals surface area contributed by atoms with Gasteiger partial charge in [0.05, 0.1) is 19.3 Å². The Balaban J connectivity index is 1.64. The SMILES string of the molecule is CC1CCC2C(C)(C)C(O)CCC2(C)C12Cc1c(O)cc3c(c1O2)COC3. The van der Waals surface area contributed by atoms with Crippen LogP contribution in [0.25, 0.3) is 0 Å². The number of hydrogen-bond acceptors (Lipinski definition) is 4. The summed E-state index contributed by atoms with van der Waals surface area (Å²) < 4.78 is 12.6. The van der Waals surface area contributed by atoms with Gasteiger partial charge in [-0.25, -0.2) is 0 Å². The van der Waals surface area contributed by atoms with E-state index in [0.29, 0.717) is 30.8 Å².